The first-order valence-corrected chi connectivity index (χ1v) is 5.73. The summed E-state index contributed by atoms with van der Waals surface area (Å²) in [4.78, 5) is 17.8. The lowest BCUT2D eigenvalue weighted by atomic mass is 10.3. The van der Waals surface area contributed by atoms with E-state index in [4.69, 9.17) is 9.79 Å². The summed E-state index contributed by atoms with van der Waals surface area (Å²) in [6.45, 7) is 5.72. The van der Waals surface area contributed by atoms with E-state index in [2.05, 4.69) is 5.32 Å². The molecule has 0 spiro atoms. The van der Waals surface area contributed by atoms with Gasteiger partial charge in [-0.05, 0) is 26.8 Å². The van der Waals surface area contributed by atoms with E-state index in [1.54, 1.807) is 0 Å². The van der Waals surface area contributed by atoms with Crippen LogP contribution in [0.15, 0.2) is 0 Å². The lowest BCUT2D eigenvalue weighted by Crippen LogP contribution is -2.39. The Bertz CT molecular complexity index is 175. The van der Waals surface area contributed by atoms with E-state index in [9.17, 15) is 4.57 Å². The average Bonchev–Trinajstić information content (AvgIpc) is 1.85. The van der Waals surface area contributed by atoms with Crippen LogP contribution in [0.4, 0.5) is 0 Å². The predicted molar refractivity (Wildman–Crippen MR) is 49.0 cm³/mol. The van der Waals surface area contributed by atoms with E-state index in [1.807, 2.05) is 6.92 Å². The molecule has 0 aromatic rings. The fourth-order valence-electron chi connectivity index (χ4n) is 0.674. The zero-order valence-electron chi connectivity index (χ0n) is 7.87. The molecule has 0 fully saturated rings. The fourth-order valence-corrected chi connectivity index (χ4v) is 0.992. The van der Waals surface area contributed by atoms with Crippen LogP contribution in [0, 0.1) is 0 Å². The Morgan fingerprint density at radius 3 is 2.25 bits per heavy atom. The first-order chi connectivity index (χ1) is 5.31. The second kappa shape index (κ2) is 4.38. The normalized spacial score (nSPS) is 13.4. The number of hydrogen-bond acceptors (Lipinski definition) is 2. The minimum absolute atomic E-state index is 0.647. The van der Waals surface area contributed by atoms with Crippen LogP contribution in [0.25, 0.3) is 0 Å². The monoisotopic (exact) mass is 195 g/mol. The van der Waals surface area contributed by atoms with Crippen LogP contribution in [0.5, 0.6) is 0 Å². The Morgan fingerprint density at radius 2 is 1.92 bits per heavy atom. The van der Waals surface area contributed by atoms with E-state index in [0.29, 0.717) is 6.54 Å². The van der Waals surface area contributed by atoms with Gasteiger partial charge in [0, 0.05) is 0 Å². The zero-order chi connectivity index (χ0) is 9.83. The maximum Gasteiger partial charge on any atom is 0.344 e. The second-order valence-electron chi connectivity index (χ2n) is 3.38. The van der Waals surface area contributed by atoms with Gasteiger partial charge in [-0.25, -0.2) is 0 Å². The molecular weight excluding hydrogens is 177 g/mol. The third kappa shape index (κ3) is 3.68. The molecule has 4 nitrogen and oxygen atoms in total. The largest absolute Gasteiger partial charge is 0.344 e. The molecule has 12 heavy (non-hydrogen) atoms. The Labute approximate surface area is 73.5 Å². The molecule has 0 aliphatic heterocycles. The molecule has 0 bridgehead atoms. The lowest BCUT2D eigenvalue weighted by molar-refractivity contribution is 0.315. The summed E-state index contributed by atoms with van der Waals surface area (Å²) in [5.74, 6) is 0. The fraction of sp³-hybridized carbons (Fsp3) is 1.00. The molecule has 5 heteroatoms. The molecule has 0 aliphatic rings. The van der Waals surface area contributed by atoms with Crippen LogP contribution in [-0.4, -0.2) is 21.6 Å². The molecule has 0 amide bonds. The second-order valence-corrected chi connectivity index (χ2v) is 5.59. The molecule has 0 rings (SSSR count). The molecule has 74 valence electrons. The van der Waals surface area contributed by atoms with Gasteiger partial charge in [-0.15, -0.1) is 0 Å². The van der Waals surface area contributed by atoms with Gasteiger partial charge in [0.1, 0.15) is 5.28 Å². The minimum atomic E-state index is -4.02. The van der Waals surface area contributed by atoms with Crippen LogP contribution < -0.4 is 5.32 Å². The van der Waals surface area contributed by atoms with E-state index < -0.39 is 12.9 Å². The maximum atomic E-state index is 10.9. The Balaban J connectivity index is 3.97. The van der Waals surface area contributed by atoms with E-state index in [-0.39, 0.29) is 0 Å². The third-order valence-corrected chi connectivity index (χ3v) is 3.43. The van der Waals surface area contributed by atoms with Gasteiger partial charge in [0.15, 0.2) is 0 Å². The van der Waals surface area contributed by atoms with Crippen molar-refractivity contribution in [2.24, 2.45) is 0 Å². The Kier molecular flexibility index (Phi) is 4.42. The van der Waals surface area contributed by atoms with Crippen LogP contribution in [0.3, 0.4) is 0 Å². The van der Waals surface area contributed by atoms with Crippen LogP contribution in [0.1, 0.15) is 33.6 Å². The SMILES string of the molecule is CCCCNC(C)(C)P(=O)(O)O. The highest BCUT2D eigenvalue weighted by atomic mass is 31.2. The quantitative estimate of drug-likeness (QED) is 0.456. The number of unbranched alkanes of at least 4 members (excludes halogenated alkanes) is 1. The maximum absolute atomic E-state index is 10.9. The van der Waals surface area contributed by atoms with E-state index >= 15 is 0 Å². The molecule has 0 unspecified atom stereocenters. The topological polar surface area (TPSA) is 69.6 Å². The Hall–Kier alpha value is 0.110. The van der Waals surface area contributed by atoms with Gasteiger partial charge in [-0.2, -0.15) is 0 Å². The molecule has 0 heterocycles. The van der Waals surface area contributed by atoms with Crippen LogP contribution in [0.2, 0.25) is 0 Å². The van der Waals surface area contributed by atoms with Gasteiger partial charge in [-0.1, -0.05) is 13.3 Å². The molecule has 0 aliphatic carbocycles. The average molecular weight is 195 g/mol. The highest BCUT2D eigenvalue weighted by Gasteiger charge is 2.36. The molecule has 0 aromatic heterocycles. The summed E-state index contributed by atoms with van der Waals surface area (Å²) in [6.07, 6.45) is 1.95. The van der Waals surface area contributed by atoms with E-state index in [0.717, 1.165) is 12.8 Å². The zero-order valence-corrected chi connectivity index (χ0v) is 8.77. The van der Waals surface area contributed by atoms with Crippen molar-refractivity contribution in [2.75, 3.05) is 6.54 Å². The summed E-state index contributed by atoms with van der Waals surface area (Å²) in [5, 5.41) is 1.74. The number of rotatable bonds is 5. The number of hydrogen-bond donors (Lipinski definition) is 3. The summed E-state index contributed by atoms with van der Waals surface area (Å²) < 4.78 is 10.9. The minimum Gasteiger partial charge on any atom is -0.323 e. The van der Waals surface area contributed by atoms with Crippen molar-refractivity contribution in [1.82, 2.24) is 5.32 Å². The molecule has 0 aromatic carbocycles. The standard InChI is InChI=1S/C7H18NO3P/c1-4-5-6-8-7(2,3)12(9,10)11/h8H,4-6H2,1-3H3,(H2,9,10,11). The molecular formula is C7H18NO3P. The third-order valence-electron chi connectivity index (χ3n) is 1.82. The van der Waals surface area contributed by atoms with Gasteiger partial charge in [0.25, 0.3) is 0 Å². The van der Waals surface area contributed by atoms with Crippen molar-refractivity contribution < 1.29 is 14.4 Å². The van der Waals surface area contributed by atoms with Gasteiger partial charge < -0.3 is 15.1 Å². The number of nitrogens with one attached hydrogen (secondary N) is 1. The molecule has 0 radical (unpaired) electrons. The van der Waals surface area contributed by atoms with Crippen molar-refractivity contribution in [1.29, 1.82) is 0 Å². The van der Waals surface area contributed by atoms with E-state index in [1.165, 1.54) is 13.8 Å². The lowest BCUT2D eigenvalue weighted by Gasteiger charge is -2.26. The molecule has 3 N–H and O–H groups in total. The summed E-state index contributed by atoms with van der Waals surface area (Å²) in [7, 11) is -4.02. The van der Waals surface area contributed by atoms with Gasteiger partial charge >= 0.3 is 7.60 Å². The molecule has 0 saturated heterocycles. The van der Waals surface area contributed by atoms with Crippen molar-refractivity contribution in [3.8, 4) is 0 Å². The van der Waals surface area contributed by atoms with Crippen LogP contribution in [-0.2, 0) is 4.57 Å². The summed E-state index contributed by atoms with van der Waals surface area (Å²) >= 11 is 0. The van der Waals surface area contributed by atoms with Gasteiger partial charge in [0.05, 0.1) is 0 Å². The van der Waals surface area contributed by atoms with Crippen molar-refractivity contribution >= 4 is 7.60 Å². The summed E-state index contributed by atoms with van der Waals surface area (Å²) in [6, 6.07) is 0. The molecule has 0 saturated carbocycles. The first-order valence-electron chi connectivity index (χ1n) is 4.12. The molecule has 0 atom stereocenters. The smallest absolute Gasteiger partial charge is 0.323 e. The highest BCUT2D eigenvalue weighted by Crippen LogP contribution is 2.47. The van der Waals surface area contributed by atoms with Crippen molar-refractivity contribution in [2.45, 2.75) is 38.9 Å². The first kappa shape index (κ1) is 12.1. The van der Waals surface area contributed by atoms with Gasteiger partial charge in [-0.3, -0.25) is 4.57 Å². The van der Waals surface area contributed by atoms with Gasteiger partial charge in [0.2, 0.25) is 0 Å². The predicted octanol–water partition coefficient (Wildman–Crippen LogP) is 1.29. The van der Waals surface area contributed by atoms with Crippen LogP contribution >= 0.6 is 7.60 Å². The van der Waals surface area contributed by atoms with Crippen molar-refractivity contribution in [3.63, 3.8) is 0 Å². The Morgan fingerprint density at radius 1 is 1.42 bits per heavy atom. The summed E-state index contributed by atoms with van der Waals surface area (Å²) in [5.41, 5.74) is 0. The highest BCUT2D eigenvalue weighted by molar-refractivity contribution is 7.53. The van der Waals surface area contributed by atoms with Crippen molar-refractivity contribution in [3.05, 3.63) is 0 Å².